The molecule has 1 unspecified atom stereocenters. The predicted molar refractivity (Wildman–Crippen MR) is 63.6 cm³/mol. The van der Waals surface area contributed by atoms with E-state index in [1.54, 1.807) is 4.90 Å². The minimum absolute atomic E-state index is 0.240. The third-order valence-electron chi connectivity index (χ3n) is 3.52. The van der Waals surface area contributed by atoms with Crippen molar-refractivity contribution in [2.45, 2.75) is 45.6 Å². The van der Waals surface area contributed by atoms with E-state index in [2.05, 4.69) is 0 Å². The first-order chi connectivity index (χ1) is 7.85. The van der Waals surface area contributed by atoms with Gasteiger partial charge in [0.2, 0.25) is 0 Å². The summed E-state index contributed by atoms with van der Waals surface area (Å²) in [5.41, 5.74) is -0.445. The largest absolute Gasteiger partial charge is 0.444 e. The van der Waals surface area contributed by atoms with Gasteiger partial charge in [0.1, 0.15) is 11.4 Å². The van der Waals surface area contributed by atoms with Crippen LogP contribution in [0.2, 0.25) is 0 Å². The number of piperidine rings is 1. The van der Waals surface area contributed by atoms with Gasteiger partial charge in [0.05, 0.1) is 0 Å². The molecule has 96 valence electrons. The maximum atomic E-state index is 11.9. The molecule has 0 bridgehead atoms. The lowest BCUT2D eigenvalue weighted by atomic mass is 9.89. The second-order valence-corrected chi connectivity index (χ2v) is 6.18. The van der Waals surface area contributed by atoms with Crippen molar-refractivity contribution in [3.8, 4) is 0 Å². The van der Waals surface area contributed by atoms with Crippen molar-refractivity contribution in [2.75, 3.05) is 13.1 Å². The second kappa shape index (κ2) is 4.31. The highest BCUT2D eigenvalue weighted by molar-refractivity contribution is 5.81. The molecule has 2 fully saturated rings. The van der Waals surface area contributed by atoms with E-state index in [0.29, 0.717) is 37.0 Å². The summed E-state index contributed by atoms with van der Waals surface area (Å²) in [6.45, 7) is 7.03. The Balaban J connectivity index is 1.92. The predicted octanol–water partition coefficient (Wildman–Crippen LogP) is 2.22. The van der Waals surface area contributed by atoms with Crippen molar-refractivity contribution < 1.29 is 14.3 Å². The summed E-state index contributed by atoms with van der Waals surface area (Å²) in [4.78, 5) is 25.0. The summed E-state index contributed by atoms with van der Waals surface area (Å²) in [6.07, 6.45) is 2.06. The highest BCUT2D eigenvalue weighted by Gasteiger charge is 2.39. The van der Waals surface area contributed by atoms with E-state index in [-0.39, 0.29) is 6.09 Å². The van der Waals surface area contributed by atoms with E-state index in [1.165, 1.54) is 0 Å². The molecule has 1 saturated carbocycles. The molecule has 1 aliphatic heterocycles. The Morgan fingerprint density at radius 3 is 2.59 bits per heavy atom. The van der Waals surface area contributed by atoms with Gasteiger partial charge < -0.3 is 9.64 Å². The number of ether oxygens (including phenoxy) is 1. The molecule has 2 rings (SSSR count). The molecule has 1 aliphatic carbocycles. The van der Waals surface area contributed by atoms with Gasteiger partial charge in [-0.05, 0) is 39.0 Å². The third-order valence-corrected chi connectivity index (χ3v) is 3.52. The third kappa shape index (κ3) is 2.99. The van der Waals surface area contributed by atoms with Gasteiger partial charge in [0, 0.05) is 25.9 Å². The first-order valence-corrected chi connectivity index (χ1v) is 6.35. The molecule has 2 aliphatic rings. The van der Waals surface area contributed by atoms with Crippen LogP contribution in [0.1, 0.15) is 40.0 Å². The molecule has 0 aromatic carbocycles. The molecule has 1 saturated heterocycles. The van der Waals surface area contributed by atoms with Gasteiger partial charge in [0.15, 0.2) is 0 Å². The van der Waals surface area contributed by atoms with Crippen LogP contribution in [0.25, 0.3) is 0 Å². The van der Waals surface area contributed by atoms with Crippen LogP contribution in [0.15, 0.2) is 0 Å². The van der Waals surface area contributed by atoms with E-state index in [9.17, 15) is 9.59 Å². The lowest BCUT2D eigenvalue weighted by Crippen LogP contribution is -2.44. The van der Waals surface area contributed by atoms with E-state index in [4.69, 9.17) is 4.74 Å². The van der Waals surface area contributed by atoms with Gasteiger partial charge in [-0.1, -0.05) is 0 Å². The highest BCUT2D eigenvalue weighted by atomic mass is 16.6. The SMILES string of the molecule is CC(C)(C)OC(=O)N1CCC2CC(=O)C[C@H]2C1. The van der Waals surface area contributed by atoms with E-state index >= 15 is 0 Å². The molecule has 1 heterocycles. The quantitative estimate of drug-likeness (QED) is 0.651. The Labute approximate surface area is 102 Å². The Kier molecular flexibility index (Phi) is 3.15. The lowest BCUT2D eigenvalue weighted by Gasteiger charge is -2.35. The fraction of sp³-hybridized carbons (Fsp3) is 0.846. The summed E-state index contributed by atoms with van der Waals surface area (Å²) in [7, 11) is 0. The number of hydrogen-bond acceptors (Lipinski definition) is 3. The number of ketones is 1. The lowest BCUT2D eigenvalue weighted by molar-refractivity contribution is -0.117. The summed E-state index contributed by atoms with van der Waals surface area (Å²) in [6, 6.07) is 0. The number of fused-ring (bicyclic) bond motifs is 1. The zero-order valence-electron chi connectivity index (χ0n) is 10.9. The molecule has 2 atom stereocenters. The Hall–Kier alpha value is -1.06. The number of carbonyl (C=O) groups excluding carboxylic acids is 2. The van der Waals surface area contributed by atoms with Crippen molar-refractivity contribution in [3.63, 3.8) is 0 Å². The standard InChI is InChI=1S/C13H21NO3/c1-13(2,3)17-12(16)14-5-4-9-6-11(15)7-10(9)8-14/h9-10H,4-8H2,1-3H3/t9?,10-/m0/s1. The maximum absolute atomic E-state index is 11.9. The van der Waals surface area contributed by atoms with Crippen molar-refractivity contribution in [1.29, 1.82) is 0 Å². The van der Waals surface area contributed by atoms with Crippen LogP contribution in [0.5, 0.6) is 0 Å². The van der Waals surface area contributed by atoms with E-state index in [1.807, 2.05) is 20.8 Å². The molecule has 0 aromatic heterocycles. The Bertz CT molecular complexity index is 332. The van der Waals surface area contributed by atoms with Crippen LogP contribution in [-0.2, 0) is 9.53 Å². The van der Waals surface area contributed by atoms with Crippen molar-refractivity contribution in [3.05, 3.63) is 0 Å². The first-order valence-electron chi connectivity index (χ1n) is 6.35. The van der Waals surface area contributed by atoms with Crippen molar-refractivity contribution in [1.82, 2.24) is 4.90 Å². The maximum Gasteiger partial charge on any atom is 0.410 e. The average molecular weight is 239 g/mol. The minimum Gasteiger partial charge on any atom is -0.444 e. The fourth-order valence-corrected chi connectivity index (χ4v) is 2.74. The van der Waals surface area contributed by atoms with Gasteiger partial charge in [-0.2, -0.15) is 0 Å². The summed E-state index contributed by atoms with van der Waals surface area (Å²) < 4.78 is 5.35. The van der Waals surface area contributed by atoms with Crippen LogP contribution in [0.4, 0.5) is 4.79 Å². The van der Waals surface area contributed by atoms with Crippen LogP contribution in [-0.4, -0.2) is 35.5 Å². The highest BCUT2D eigenvalue weighted by Crippen LogP contribution is 2.36. The molecule has 4 nitrogen and oxygen atoms in total. The molecule has 0 radical (unpaired) electrons. The number of likely N-dealkylation sites (tertiary alicyclic amines) is 1. The molecule has 0 spiro atoms. The normalized spacial score (nSPS) is 29.1. The van der Waals surface area contributed by atoms with Gasteiger partial charge >= 0.3 is 6.09 Å². The van der Waals surface area contributed by atoms with Crippen LogP contribution in [0, 0.1) is 11.8 Å². The topological polar surface area (TPSA) is 46.6 Å². The number of rotatable bonds is 0. The van der Waals surface area contributed by atoms with Gasteiger partial charge in [0.25, 0.3) is 0 Å². The monoisotopic (exact) mass is 239 g/mol. The van der Waals surface area contributed by atoms with Gasteiger partial charge in [-0.25, -0.2) is 4.79 Å². The Morgan fingerprint density at radius 2 is 1.94 bits per heavy atom. The Morgan fingerprint density at radius 1 is 1.29 bits per heavy atom. The van der Waals surface area contributed by atoms with Crippen LogP contribution >= 0.6 is 0 Å². The molecule has 0 N–H and O–H groups in total. The summed E-state index contributed by atoms with van der Waals surface area (Å²) in [5, 5.41) is 0. The second-order valence-electron chi connectivity index (χ2n) is 6.18. The zero-order chi connectivity index (χ0) is 12.6. The molecular formula is C13H21NO3. The van der Waals surface area contributed by atoms with Crippen molar-refractivity contribution in [2.24, 2.45) is 11.8 Å². The summed E-state index contributed by atoms with van der Waals surface area (Å²) in [5.74, 6) is 1.22. The average Bonchev–Trinajstić information content (AvgIpc) is 2.53. The first kappa shape index (κ1) is 12.4. The number of amides is 1. The molecule has 17 heavy (non-hydrogen) atoms. The zero-order valence-corrected chi connectivity index (χ0v) is 10.9. The fourth-order valence-electron chi connectivity index (χ4n) is 2.74. The smallest absolute Gasteiger partial charge is 0.410 e. The van der Waals surface area contributed by atoms with E-state index < -0.39 is 5.60 Å². The van der Waals surface area contributed by atoms with Crippen LogP contribution in [0.3, 0.4) is 0 Å². The summed E-state index contributed by atoms with van der Waals surface area (Å²) >= 11 is 0. The molecular weight excluding hydrogens is 218 g/mol. The number of hydrogen-bond donors (Lipinski definition) is 0. The van der Waals surface area contributed by atoms with Gasteiger partial charge in [-0.3, -0.25) is 4.79 Å². The molecule has 1 amide bonds. The van der Waals surface area contributed by atoms with Crippen molar-refractivity contribution >= 4 is 11.9 Å². The number of Topliss-reactive ketones (excluding diaryl/α,β-unsaturated/α-hetero) is 1. The molecule has 4 heteroatoms. The van der Waals surface area contributed by atoms with E-state index in [0.717, 1.165) is 13.0 Å². The number of carbonyl (C=O) groups is 2. The molecule has 0 aromatic rings. The van der Waals surface area contributed by atoms with Gasteiger partial charge in [-0.15, -0.1) is 0 Å². The number of nitrogens with zero attached hydrogens (tertiary/aromatic N) is 1. The minimum atomic E-state index is -0.445. The van der Waals surface area contributed by atoms with Crippen LogP contribution < -0.4 is 0 Å².